The zero-order valence-electron chi connectivity index (χ0n) is 13.9. The van der Waals surface area contributed by atoms with Gasteiger partial charge < -0.3 is 5.41 Å². The highest BCUT2D eigenvalue weighted by Gasteiger charge is 2.05. The van der Waals surface area contributed by atoms with Crippen LogP contribution in [-0.4, -0.2) is 21.6 Å². The van der Waals surface area contributed by atoms with Crippen molar-refractivity contribution < 1.29 is 4.79 Å². The predicted octanol–water partition coefficient (Wildman–Crippen LogP) is 1.96. The number of carbonyl (C=O) groups is 1. The van der Waals surface area contributed by atoms with E-state index < -0.39 is 0 Å². The maximum atomic E-state index is 11.2. The first kappa shape index (κ1) is 17.7. The SMILES string of the molecule is CCCC(=N)c1ncc(CCc2ccc(CC(=O)NN)cc2)cn1. The van der Waals surface area contributed by atoms with Crippen LogP contribution in [0.25, 0.3) is 0 Å². The molecule has 0 saturated carbocycles. The Hall–Kier alpha value is -2.60. The van der Waals surface area contributed by atoms with Crippen LogP contribution in [0.1, 0.15) is 42.3 Å². The number of amides is 1. The molecule has 2 aromatic rings. The monoisotopic (exact) mass is 325 g/mol. The van der Waals surface area contributed by atoms with Crippen molar-refractivity contribution in [2.24, 2.45) is 5.84 Å². The van der Waals surface area contributed by atoms with Gasteiger partial charge in [-0.25, -0.2) is 15.8 Å². The zero-order chi connectivity index (χ0) is 17.4. The number of hydrogen-bond acceptors (Lipinski definition) is 5. The second-order valence-corrected chi connectivity index (χ2v) is 5.70. The van der Waals surface area contributed by atoms with Gasteiger partial charge in [0.25, 0.3) is 0 Å². The molecule has 0 spiro atoms. The molecule has 0 saturated heterocycles. The molecular formula is C18H23N5O. The second kappa shape index (κ2) is 8.88. The molecule has 6 heteroatoms. The van der Waals surface area contributed by atoms with Gasteiger partial charge in [0, 0.05) is 12.4 Å². The topological polar surface area (TPSA) is 105 Å². The maximum Gasteiger partial charge on any atom is 0.238 e. The molecule has 1 amide bonds. The third-order valence-electron chi connectivity index (χ3n) is 3.73. The predicted molar refractivity (Wildman–Crippen MR) is 93.7 cm³/mol. The van der Waals surface area contributed by atoms with Gasteiger partial charge in [-0.3, -0.25) is 10.2 Å². The number of hydrazine groups is 1. The van der Waals surface area contributed by atoms with E-state index in [-0.39, 0.29) is 12.3 Å². The Bertz CT molecular complexity index is 680. The normalized spacial score (nSPS) is 10.4. The summed E-state index contributed by atoms with van der Waals surface area (Å²) in [4.78, 5) is 19.8. The van der Waals surface area contributed by atoms with Crippen molar-refractivity contribution in [3.63, 3.8) is 0 Å². The first-order valence-electron chi connectivity index (χ1n) is 8.08. The van der Waals surface area contributed by atoms with Gasteiger partial charge in [-0.1, -0.05) is 37.6 Å². The average Bonchev–Trinajstić information content (AvgIpc) is 2.61. The summed E-state index contributed by atoms with van der Waals surface area (Å²) in [7, 11) is 0. The molecule has 0 unspecified atom stereocenters. The second-order valence-electron chi connectivity index (χ2n) is 5.70. The van der Waals surface area contributed by atoms with E-state index in [4.69, 9.17) is 11.3 Å². The molecule has 0 radical (unpaired) electrons. The largest absolute Gasteiger partial charge is 0.301 e. The van der Waals surface area contributed by atoms with Gasteiger partial charge in [0.1, 0.15) is 0 Å². The Morgan fingerprint density at radius 2 is 1.67 bits per heavy atom. The maximum absolute atomic E-state index is 11.2. The summed E-state index contributed by atoms with van der Waals surface area (Å²) in [6.07, 6.45) is 7.22. The first-order valence-corrected chi connectivity index (χ1v) is 8.08. The Morgan fingerprint density at radius 1 is 1.08 bits per heavy atom. The lowest BCUT2D eigenvalue weighted by Gasteiger charge is -2.05. The summed E-state index contributed by atoms with van der Waals surface area (Å²) in [5, 5.41) is 7.86. The highest BCUT2D eigenvalue weighted by molar-refractivity contribution is 5.94. The summed E-state index contributed by atoms with van der Waals surface area (Å²) in [5.74, 6) is 5.40. The molecule has 126 valence electrons. The van der Waals surface area contributed by atoms with Crippen LogP contribution < -0.4 is 11.3 Å². The molecule has 24 heavy (non-hydrogen) atoms. The van der Waals surface area contributed by atoms with Crippen molar-refractivity contribution in [2.75, 3.05) is 0 Å². The van der Waals surface area contributed by atoms with Crippen LogP contribution in [0.4, 0.5) is 0 Å². The molecule has 0 atom stereocenters. The van der Waals surface area contributed by atoms with E-state index in [1.165, 1.54) is 5.56 Å². The number of nitrogens with zero attached hydrogens (tertiary/aromatic N) is 2. The summed E-state index contributed by atoms with van der Waals surface area (Å²) in [6, 6.07) is 7.92. The van der Waals surface area contributed by atoms with Gasteiger partial charge >= 0.3 is 0 Å². The summed E-state index contributed by atoms with van der Waals surface area (Å²) in [6.45, 7) is 2.04. The fourth-order valence-electron chi connectivity index (χ4n) is 2.35. The standard InChI is InChI=1S/C18H23N5O/c1-2-3-16(19)18-21-11-15(12-22-18)9-6-13-4-7-14(8-5-13)10-17(24)23-20/h4-5,7-8,11-12,19H,2-3,6,9-10,20H2,1H3,(H,23,24). The molecule has 0 aliphatic heterocycles. The lowest BCUT2D eigenvalue weighted by Crippen LogP contribution is -2.31. The highest BCUT2D eigenvalue weighted by Crippen LogP contribution is 2.09. The lowest BCUT2D eigenvalue weighted by molar-refractivity contribution is -0.120. The molecule has 6 nitrogen and oxygen atoms in total. The van der Waals surface area contributed by atoms with Gasteiger partial charge in [-0.15, -0.1) is 0 Å². The number of hydrogen-bond donors (Lipinski definition) is 3. The number of nitrogens with one attached hydrogen (secondary N) is 2. The van der Waals surface area contributed by atoms with Crippen LogP contribution in [0.15, 0.2) is 36.7 Å². The van der Waals surface area contributed by atoms with E-state index in [1.807, 2.05) is 31.2 Å². The summed E-state index contributed by atoms with van der Waals surface area (Å²) in [5.41, 5.74) is 5.79. The average molecular weight is 325 g/mol. The van der Waals surface area contributed by atoms with Crippen molar-refractivity contribution in [1.82, 2.24) is 15.4 Å². The van der Waals surface area contributed by atoms with Crippen molar-refractivity contribution in [3.8, 4) is 0 Å². The van der Waals surface area contributed by atoms with Crippen LogP contribution in [0.5, 0.6) is 0 Å². The van der Waals surface area contributed by atoms with Gasteiger partial charge in [-0.2, -0.15) is 0 Å². The van der Waals surface area contributed by atoms with Gasteiger partial charge in [-0.05, 0) is 36.0 Å². The van der Waals surface area contributed by atoms with Crippen molar-refractivity contribution >= 4 is 11.6 Å². The van der Waals surface area contributed by atoms with Crippen molar-refractivity contribution in [2.45, 2.75) is 39.0 Å². The van der Waals surface area contributed by atoms with Gasteiger partial charge in [0.05, 0.1) is 12.1 Å². The van der Waals surface area contributed by atoms with Crippen molar-refractivity contribution in [3.05, 3.63) is 59.2 Å². The lowest BCUT2D eigenvalue weighted by atomic mass is 10.0. The summed E-state index contributed by atoms with van der Waals surface area (Å²) >= 11 is 0. The smallest absolute Gasteiger partial charge is 0.238 e. The molecule has 1 heterocycles. The molecule has 0 aliphatic rings. The summed E-state index contributed by atoms with van der Waals surface area (Å²) < 4.78 is 0. The molecule has 4 N–H and O–H groups in total. The van der Waals surface area contributed by atoms with E-state index >= 15 is 0 Å². The van der Waals surface area contributed by atoms with E-state index in [9.17, 15) is 4.79 Å². The minimum absolute atomic E-state index is 0.200. The van der Waals surface area contributed by atoms with E-state index in [2.05, 4.69) is 15.4 Å². The number of aromatic nitrogens is 2. The number of rotatable bonds is 8. The third-order valence-corrected chi connectivity index (χ3v) is 3.73. The molecule has 0 bridgehead atoms. The quantitative estimate of drug-likeness (QED) is 0.298. The molecule has 1 aromatic carbocycles. The van der Waals surface area contributed by atoms with Crippen LogP contribution in [-0.2, 0) is 24.1 Å². The van der Waals surface area contributed by atoms with Crippen LogP contribution >= 0.6 is 0 Å². The third kappa shape index (κ3) is 5.24. The molecule has 0 fully saturated rings. The number of carbonyl (C=O) groups excluding carboxylic acids is 1. The Labute approximate surface area is 142 Å². The van der Waals surface area contributed by atoms with Gasteiger partial charge in [0.2, 0.25) is 5.91 Å². The minimum atomic E-state index is -0.200. The fraction of sp³-hybridized carbons (Fsp3) is 0.333. The Balaban J connectivity index is 1.89. The van der Waals surface area contributed by atoms with Crippen molar-refractivity contribution in [1.29, 1.82) is 5.41 Å². The molecule has 2 rings (SSSR count). The molecule has 1 aromatic heterocycles. The number of aryl methyl sites for hydroxylation is 2. The van der Waals surface area contributed by atoms with E-state index in [0.717, 1.165) is 30.4 Å². The van der Waals surface area contributed by atoms with E-state index in [1.54, 1.807) is 12.4 Å². The first-order chi connectivity index (χ1) is 11.6. The molecular weight excluding hydrogens is 302 g/mol. The van der Waals surface area contributed by atoms with E-state index in [0.29, 0.717) is 18.0 Å². The highest BCUT2D eigenvalue weighted by atomic mass is 16.2. The Morgan fingerprint density at radius 3 is 2.25 bits per heavy atom. The minimum Gasteiger partial charge on any atom is -0.301 e. The van der Waals surface area contributed by atoms with Gasteiger partial charge in [0.15, 0.2) is 5.82 Å². The Kier molecular flexibility index (Phi) is 6.57. The zero-order valence-corrected chi connectivity index (χ0v) is 13.9. The van der Waals surface area contributed by atoms with Crippen LogP contribution in [0, 0.1) is 5.41 Å². The number of nitrogens with two attached hydrogens (primary N) is 1. The van der Waals surface area contributed by atoms with Crippen LogP contribution in [0.2, 0.25) is 0 Å². The molecule has 0 aliphatic carbocycles. The van der Waals surface area contributed by atoms with Crippen LogP contribution in [0.3, 0.4) is 0 Å². The fourth-order valence-corrected chi connectivity index (χ4v) is 2.35. The number of benzene rings is 1.